The molecule has 0 aliphatic carbocycles. The normalized spacial score (nSPS) is 22.7. The van der Waals surface area contributed by atoms with Crippen LogP contribution in [-0.2, 0) is 6.42 Å². The molecule has 0 aromatic carbocycles. The van der Waals surface area contributed by atoms with Gasteiger partial charge in [0.15, 0.2) is 5.13 Å². The lowest BCUT2D eigenvalue weighted by Crippen LogP contribution is -2.57. The number of nitrogens with one attached hydrogen (secondary N) is 1. The molecule has 26 heavy (non-hydrogen) atoms. The predicted molar refractivity (Wildman–Crippen MR) is 105 cm³/mol. The molecule has 2 atom stereocenters. The number of hydrogen-bond acceptors (Lipinski definition) is 6. The van der Waals surface area contributed by atoms with Crippen LogP contribution >= 0.6 is 11.3 Å². The summed E-state index contributed by atoms with van der Waals surface area (Å²) in [6, 6.07) is 0.272. The van der Waals surface area contributed by atoms with Crippen LogP contribution in [0.1, 0.15) is 32.4 Å². The Morgan fingerprint density at radius 1 is 1.38 bits per heavy atom. The molecule has 2 saturated heterocycles. The standard InChI is InChI=1S/C18H31N5O2S/c1-14-11-23(10-9-22(14)12-15(2)24)17(25)19-6-5-16-13-26-18(20-16)21-7-3-4-8-21/h13-15,24H,3-12H2,1-2H3,(H,19,25). The molecule has 3 rings (SSSR count). The Balaban J connectivity index is 1.39. The van der Waals surface area contributed by atoms with Crippen LogP contribution in [0.3, 0.4) is 0 Å². The molecule has 2 aliphatic rings. The number of carbonyl (C=O) groups excluding carboxylic acids is 1. The summed E-state index contributed by atoms with van der Waals surface area (Å²) in [4.78, 5) is 23.6. The highest BCUT2D eigenvalue weighted by atomic mass is 32.1. The smallest absolute Gasteiger partial charge is 0.317 e. The van der Waals surface area contributed by atoms with Crippen molar-refractivity contribution in [3.05, 3.63) is 11.1 Å². The van der Waals surface area contributed by atoms with E-state index < -0.39 is 0 Å². The fourth-order valence-electron chi connectivity index (χ4n) is 3.66. The first kappa shape index (κ1) is 19.4. The minimum absolute atomic E-state index is 0.00328. The van der Waals surface area contributed by atoms with Crippen LogP contribution in [0.4, 0.5) is 9.93 Å². The van der Waals surface area contributed by atoms with Gasteiger partial charge in [-0.3, -0.25) is 4.90 Å². The molecule has 0 bridgehead atoms. The van der Waals surface area contributed by atoms with Gasteiger partial charge in [-0.1, -0.05) is 0 Å². The highest BCUT2D eigenvalue weighted by Gasteiger charge is 2.27. The molecule has 146 valence electrons. The Kier molecular flexibility index (Phi) is 6.72. The maximum absolute atomic E-state index is 12.4. The molecule has 2 aliphatic heterocycles. The number of rotatable bonds is 6. The number of nitrogens with zero attached hydrogens (tertiary/aromatic N) is 4. The van der Waals surface area contributed by atoms with Crippen molar-refractivity contribution in [1.82, 2.24) is 20.1 Å². The van der Waals surface area contributed by atoms with E-state index in [9.17, 15) is 9.90 Å². The fraction of sp³-hybridized carbons (Fsp3) is 0.778. The van der Waals surface area contributed by atoms with Gasteiger partial charge in [0, 0.05) is 63.7 Å². The van der Waals surface area contributed by atoms with Gasteiger partial charge in [0.2, 0.25) is 0 Å². The van der Waals surface area contributed by atoms with Crippen LogP contribution in [0.2, 0.25) is 0 Å². The first-order valence-electron chi connectivity index (χ1n) is 9.67. The van der Waals surface area contributed by atoms with Crippen molar-refractivity contribution in [2.45, 2.75) is 45.3 Å². The summed E-state index contributed by atoms with van der Waals surface area (Å²) in [5, 5.41) is 15.8. The number of β-amino-alcohol motifs (C(OH)–C–C–N with tert-alkyl or cyclic N) is 1. The van der Waals surface area contributed by atoms with Gasteiger partial charge in [-0.15, -0.1) is 11.3 Å². The lowest BCUT2D eigenvalue weighted by Gasteiger charge is -2.40. The molecule has 8 heteroatoms. The molecule has 7 nitrogen and oxygen atoms in total. The van der Waals surface area contributed by atoms with Crippen molar-refractivity contribution in [2.24, 2.45) is 0 Å². The van der Waals surface area contributed by atoms with E-state index in [2.05, 4.69) is 27.4 Å². The number of urea groups is 1. The average Bonchev–Trinajstić information content (AvgIpc) is 3.27. The third kappa shape index (κ3) is 5.08. The first-order valence-corrected chi connectivity index (χ1v) is 10.5. The van der Waals surface area contributed by atoms with Gasteiger partial charge in [-0.25, -0.2) is 9.78 Å². The summed E-state index contributed by atoms with van der Waals surface area (Å²) in [7, 11) is 0. The molecule has 2 fully saturated rings. The molecular formula is C18H31N5O2S. The summed E-state index contributed by atoms with van der Waals surface area (Å²) in [5.41, 5.74) is 1.06. The zero-order chi connectivity index (χ0) is 18.5. The van der Waals surface area contributed by atoms with Crippen molar-refractivity contribution in [3.8, 4) is 0 Å². The lowest BCUT2D eigenvalue weighted by molar-refractivity contribution is 0.0567. The summed E-state index contributed by atoms with van der Waals surface area (Å²) in [5.74, 6) is 0. The van der Waals surface area contributed by atoms with Crippen molar-refractivity contribution in [1.29, 1.82) is 0 Å². The second-order valence-corrected chi connectivity index (χ2v) is 8.27. The van der Waals surface area contributed by atoms with E-state index in [1.54, 1.807) is 18.3 Å². The third-order valence-corrected chi connectivity index (χ3v) is 6.07. The number of amides is 2. The Morgan fingerprint density at radius 2 is 2.15 bits per heavy atom. The van der Waals surface area contributed by atoms with Crippen molar-refractivity contribution >= 4 is 22.5 Å². The number of carbonyl (C=O) groups is 1. The molecule has 2 amide bonds. The van der Waals surface area contributed by atoms with Crippen LogP contribution in [0.25, 0.3) is 0 Å². The Morgan fingerprint density at radius 3 is 2.85 bits per heavy atom. The molecule has 0 saturated carbocycles. The number of aliphatic hydroxyl groups is 1. The van der Waals surface area contributed by atoms with E-state index in [1.807, 2.05) is 4.90 Å². The molecule has 3 heterocycles. The van der Waals surface area contributed by atoms with Gasteiger partial charge in [0.05, 0.1) is 11.8 Å². The zero-order valence-corrected chi connectivity index (χ0v) is 16.7. The van der Waals surface area contributed by atoms with Crippen molar-refractivity contribution in [3.63, 3.8) is 0 Å². The molecule has 0 radical (unpaired) electrons. The number of thiazole rings is 1. The fourth-order valence-corrected chi connectivity index (χ4v) is 4.58. The minimum Gasteiger partial charge on any atom is -0.392 e. The van der Waals surface area contributed by atoms with Gasteiger partial charge < -0.3 is 20.2 Å². The first-order chi connectivity index (χ1) is 12.5. The number of hydrogen-bond donors (Lipinski definition) is 2. The topological polar surface area (TPSA) is 71.9 Å². The van der Waals surface area contributed by atoms with Gasteiger partial charge in [0.25, 0.3) is 0 Å². The van der Waals surface area contributed by atoms with Crippen molar-refractivity contribution in [2.75, 3.05) is 50.7 Å². The number of aromatic nitrogens is 1. The second kappa shape index (κ2) is 9.01. The summed E-state index contributed by atoms with van der Waals surface area (Å²) in [6.45, 7) is 9.64. The Labute approximate surface area is 160 Å². The molecule has 2 unspecified atom stereocenters. The van der Waals surface area contributed by atoms with E-state index in [1.165, 1.54) is 12.8 Å². The predicted octanol–water partition coefficient (Wildman–Crippen LogP) is 1.38. The van der Waals surface area contributed by atoms with E-state index in [4.69, 9.17) is 4.98 Å². The number of piperazine rings is 1. The van der Waals surface area contributed by atoms with Crippen LogP contribution < -0.4 is 10.2 Å². The van der Waals surface area contributed by atoms with Gasteiger partial charge in [-0.2, -0.15) is 0 Å². The number of aliphatic hydroxyl groups excluding tert-OH is 1. The summed E-state index contributed by atoms with van der Waals surface area (Å²) in [6.07, 6.45) is 2.96. The van der Waals surface area contributed by atoms with E-state index in [-0.39, 0.29) is 18.2 Å². The second-order valence-electron chi connectivity index (χ2n) is 7.44. The highest BCUT2D eigenvalue weighted by molar-refractivity contribution is 7.13. The number of anilines is 1. The summed E-state index contributed by atoms with van der Waals surface area (Å²) < 4.78 is 0. The van der Waals surface area contributed by atoms with Crippen LogP contribution in [0.15, 0.2) is 5.38 Å². The molecule has 1 aromatic heterocycles. The van der Waals surface area contributed by atoms with Crippen LogP contribution in [0.5, 0.6) is 0 Å². The minimum atomic E-state index is -0.332. The maximum Gasteiger partial charge on any atom is 0.317 e. The lowest BCUT2D eigenvalue weighted by atomic mass is 10.2. The SMILES string of the molecule is CC(O)CN1CCN(C(=O)NCCc2csc(N3CCCC3)n2)CC1C. The monoisotopic (exact) mass is 381 g/mol. The molecule has 0 spiro atoms. The quantitative estimate of drug-likeness (QED) is 0.779. The summed E-state index contributed by atoms with van der Waals surface area (Å²) >= 11 is 1.70. The van der Waals surface area contributed by atoms with E-state index in [0.29, 0.717) is 26.2 Å². The van der Waals surface area contributed by atoms with Gasteiger partial charge >= 0.3 is 6.03 Å². The van der Waals surface area contributed by atoms with Crippen LogP contribution in [-0.4, -0.2) is 83.9 Å². The molecule has 2 N–H and O–H groups in total. The Hall–Kier alpha value is -1.38. The molecular weight excluding hydrogens is 350 g/mol. The zero-order valence-electron chi connectivity index (χ0n) is 15.9. The average molecular weight is 382 g/mol. The van der Waals surface area contributed by atoms with Gasteiger partial charge in [0.1, 0.15) is 0 Å². The third-order valence-electron chi connectivity index (χ3n) is 5.12. The van der Waals surface area contributed by atoms with E-state index >= 15 is 0 Å². The van der Waals surface area contributed by atoms with E-state index in [0.717, 1.165) is 36.9 Å². The van der Waals surface area contributed by atoms with Crippen molar-refractivity contribution < 1.29 is 9.90 Å². The highest BCUT2D eigenvalue weighted by Crippen LogP contribution is 2.24. The maximum atomic E-state index is 12.4. The Bertz CT molecular complexity index is 588. The van der Waals surface area contributed by atoms with Crippen LogP contribution in [0, 0.1) is 0 Å². The van der Waals surface area contributed by atoms with Gasteiger partial charge in [-0.05, 0) is 26.7 Å². The largest absolute Gasteiger partial charge is 0.392 e. The molecule has 1 aromatic rings.